The van der Waals surface area contributed by atoms with Gasteiger partial charge in [-0.15, -0.1) is 10.2 Å². The van der Waals surface area contributed by atoms with Crippen LogP contribution in [0.1, 0.15) is 12.8 Å². The van der Waals surface area contributed by atoms with Crippen LogP contribution in [0.25, 0.3) is 10.7 Å². The molecule has 1 saturated heterocycles. The normalized spacial score (nSPS) is 16.3. The number of aromatic nitrogens is 3. The average Bonchev–Trinajstić information content (AvgIpc) is 3.23. The predicted octanol–water partition coefficient (Wildman–Crippen LogP) is 3.48. The Bertz CT molecular complexity index is 979. The van der Waals surface area contributed by atoms with Crippen molar-refractivity contribution in [3.05, 3.63) is 54.7 Å². The lowest BCUT2D eigenvalue weighted by atomic mass is 9.97. The number of nitrogens with zero attached hydrogens (tertiary/aromatic N) is 4. The van der Waals surface area contributed by atoms with Crippen LogP contribution < -0.4 is 10.6 Å². The second kappa shape index (κ2) is 8.78. The zero-order chi connectivity index (χ0) is 20.1. The molecule has 1 aromatic carbocycles. The third kappa shape index (κ3) is 4.75. The van der Waals surface area contributed by atoms with Gasteiger partial charge in [0.2, 0.25) is 11.0 Å². The van der Waals surface area contributed by atoms with Gasteiger partial charge in [0.05, 0.1) is 5.92 Å². The molecule has 2 N–H and O–H groups in total. The number of para-hydroxylation sites is 1. The topological polar surface area (TPSA) is 100 Å². The van der Waals surface area contributed by atoms with Crippen LogP contribution in [0.3, 0.4) is 0 Å². The SMILES string of the molecule is O=C(Nc1ccccc1)[C@@H]1CCCN(C(=O)Nc2nnc(-c3ccccn3)s2)C1. The number of hydrogen-bond donors (Lipinski definition) is 2. The van der Waals surface area contributed by atoms with Crippen molar-refractivity contribution < 1.29 is 9.59 Å². The maximum absolute atomic E-state index is 12.6. The number of benzene rings is 1. The molecule has 2 aromatic heterocycles. The fraction of sp³-hybridized carbons (Fsp3) is 0.250. The second-order valence-electron chi connectivity index (χ2n) is 6.70. The highest BCUT2D eigenvalue weighted by Gasteiger charge is 2.29. The van der Waals surface area contributed by atoms with Crippen molar-refractivity contribution in [2.24, 2.45) is 5.92 Å². The molecule has 1 fully saturated rings. The molecule has 8 nitrogen and oxygen atoms in total. The highest BCUT2D eigenvalue weighted by Crippen LogP contribution is 2.25. The second-order valence-corrected chi connectivity index (χ2v) is 7.68. The molecular formula is C20H20N6O2S. The number of carbonyl (C=O) groups is 2. The summed E-state index contributed by atoms with van der Waals surface area (Å²) < 4.78 is 0. The van der Waals surface area contributed by atoms with Crippen LogP contribution in [0.4, 0.5) is 15.6 Å². The van der Waals surface area contributed by atoms with E-state index in [9.17, 15) is 9.59 Å². The minimum atomic E-state index is -0.272. The van der Waals surface area contributed by atoms with Gasteiger partial charge in [-0.05, 0) is 37.1 Å². The molecule has 1 aliphatic heterocycles. The summed E-state index contributed by atoms with van der Waals surface area (Å²) in [6.45, 7) is 0.975. The van der Waals surface area contributed by atoms with E-state index in [4.69, 9.17) is 0 Å². The smallest absolute Gasteiger partial charge is 0.323 e. The molecule has 3 heterocycles. The first-order valence-corrected chi connectivity index (χ1v) is 10.2. The van der Waals surface area contributed by atoms with Gasteiger partial charge in [-0.2, -0.15) is 0 Å². The van der Waals surface area contributed by atoms with Crippen LogP contribution in [-0.2, 0) is 4.79 Å². The van der Waals surface area contributed by atoms with Crippen LogP contribution in [0.2, 0.25) is 0 Å². The van der Waals surface area contributed by atoms with Gasteiger partial charge >= 0.3 is 6.03 Å². The van der Waals surface area contributed by atoms with Crippen molar-refractivity contribution in [3.63, 3.8) is 0 Å². The summed E-state index contributed by atoms with van der Waals surface area (Å²) in [5, 5.41) is 14.9. The summed E-state index contributed by atoms with van der Waals surface area (Å²) in [5.74, 6) is -0.310. The summed E-state index contributed by atoms with van der Waals surface area (Å²) in [5.41, 5.74) is 1.47. The van der Waals surface area contributed by atoms with Gasteiger partial charge in [0, 0.05) is 25.0 Å². The maximum Gasteiger partial charge on any atom is 0.323 e. The Balaban J connectivity index is 1.35. The number of nitrogens with one attached hydrogen (secondary N) is 2. The molecule has 148 valence electrons. The third-order valence-electron chi connectivity index (χ3n) is 4.64. The number of rotatable bonds is 4. The van der Waals surface area contributed by atoms with Crippen molar-refractivity contribution >= 4 is 34.1 Å². The molecular weight excluding hydrogens is 388 g/mol. The molecule has 9 heteroatoms. The standard InChI is InChI=1S/C20H20N6O2S/c27-17(22-15-8-2-1-3-9-15)14-7-6-12-26(13-14)20(28)23-19-25-24-18(29-19)16-10-4-5-11-21-16/h1-5,8-11,14H,6-7,12-13H2,(H,22,27)(H,23,25,28)/t14-/m1/s1. The van der Waals surface area contributed by atoms with E-state index < -0.39 is 0 Å². The van der Waals surface area contributed by atoms with E-state index in [1.807, 2.05) is 48.5 Å². The fourth-order valence-electron chi connectivity index (χ4n) is 3.18. The van der Waals surface area contributed by atoms with Gasteiger partial charge in [0.1, 0.15) is 5.69 Å². The largest absolute Gasteiger partial charge is 0.326 e. The maximum atomic E-state index is 12.6. The third-order valence-corrected chi connectivity index (χ3v) is 5.50. The molecule has 0 unspecified atom stereocenters. The Labute approximate surface area is 172 Å². The van der Waals surface area contributed by atoms with Gasteiger partial charge in [-0.1, -0.05) is 35.6 Å². The minimum absolute atomic E-state index is 0.0675. The van der Waals surface area contributed by atoms with Gasteiger partial charge in [0.15, 0.2) is 5.01 Å². The summed E-state index contributed by atoms with van der Waals surface area (Å²) in [6, 6.07) is 14.6. The molecule has 1 atom stereocenters. The molecule has 4 rings (SSSR count). The first-order chi connectivity index (χ1) is 14.2. The van der Waals surface area contributed by atoms with Gasteiger partial charge in [-0.25, -0.2) is 4.79 Å². The quantitative estimate of drug-likeness (QED) is 0.688. The number of piperidine rings is 1. The van der Waals surface area contributed by atoms with Crippen LogP contribution in [0.5, 0.6) is 0 Å². The zero-order valence-electron chi connectivity index (χ0n) is 15.6. The molecule has 0 bridgehead atoms. The molecule has 0 aliphatic carbocycles. The van der Waals surface area contributed by atoms with Gasteiger partial charge in [0.25, 0.3) is 0 Å². The zero-order valence-corrected chi connectivity index (χ0v) is 16.4. The number of hydrogen-bond acceptors (Lipinski definition) is 6. The fourth-order valence-corrected chi connectivity index (χ4v) is 3.89. The number of pyridine rings is 1. The number of carbonyl (C=O) groups excluding carboxylic acids is 2. The lowest BCUT2D eigenvalue weighted by Gasteiger charge is -2.31. The van der Waals surface area contributed by atoms with E-state index in [2.05, 4.69) is 25.8 Å². The summed E-state index contributed by atoms with van der Waals surface area (Å²) in [6.07, 6.45) is 3.21. The van der Waals surface area contributed by atoms with Crippen LogP contribution in [-0.4, -0.2) is 45.1 Å². The summed E-state index contributed by atoms with van der Waals surface area (Å²) >= 11 is 1.26. The summed E-state index contributed by atoms with van der Waals surface area (Å²) in [7, 11) is 0. The first kappa shape index (κ1) is 19.0. The van der Waals surface area contributed by atoms with E-state index in [1.54, 1.807) is 11.1 Å². The van der Waals surface area contributed by atoms with Crippen molar-refractivity contribution in [1.82, 2.24) is 20.1 Å². The Kier molecular flexibility index (Phi) is 5.76. The Morgan fingerprint density at radius 1 is 1.03 bits per heavy atom. The molecule has 1 aliphatic rings. The van der Waals surface area contributed by atoms with Crippen molar-refractivity contribution in [2.75, 3.05) is 23.7 Å². The minimum Gasteiger partial charge on any atom is -0.326 e. The molecule has 0 spiro atoms. The molecule has 3 amide bonds. The van der Waals surface area contributed by atoms with E-state index >= 15 is 0 Å². The van der Waals surface area contributed by atoms with Crippen molar-refractivity contribution in [2.45, 2.75) is 12.8 Å². The average molecular weight is 408 g/mol. The highest BCUT2D eigenvalue weighted by atomic mass is 32.1. The lowest BCUT2D eigenvalue weighted by molar-refractivity contribution is -0.121. The Morgan fingerprint density at radius 2 is 1.86 bits per heavy atom. The number of likely N-dealkylation sites (tertiary alicyclic amines) is 1. The Hall–Kier alpha value is -3.33. The number of urea groups is 1. The van der Waals surface area contributed by atoms with E-state index in [0.29, 0.717) is 28.9 Å². The monoisotopic (exact) mass is 408 g/mol. The summed E-state index contributed by atoms with van der Waals surface area (Å²) in [4.78, 5) is 31.1. The van der Waals surface area contributed by atoms with E-state index in [-0.39, 0.29) is 17.9 Å². The number of amides is 3. The van der Waals surface area contributed by atoms with E-state index in [1.165, 1.54) is 11.3 Å². The van der Waals surface area contributed by atoms with Crippen LogP contribution in [0, 0.1) is 5.92 Å². The van der Waals surface area contributed by atoms with Gasteiger partial charge < -0.3 is 10.2 Å². The van der Waals surface area contributed by atoms with Crippen molar-refractivity contribution in [3.8, 4) is 10.7 Å². The van der Waals surface area contributed by atoms with Crippen molar-refractivity contribution in [1.29, 1.82) is 0 Å². The molecule has 0 saturated carbocycles. The number of anilines is 2. The Morgan fingerprint density at radius 3 is 2.66 bits per heavy atom. The first-order valence-electron chi connectivity index (χ1n) is 9.36. The molecule has 0 radical (unpaired) electrons. The predicted molar refractivity (Wildman–Crippen MR) is 112 cm³/mol. The highest BCUT2D eigenvalue weighted by molar-refractivity contribution is 7.18. The van der Waals surface area contributed by atoms with E-state index in [0.717, 1.165) is 18.5 Å². The molecule has 29 heavy (non-hydrogen) atoms. The molecule has 3 aromatic rings. The van der Waals surface area contributed by atoms with Crippen LogP contribution in [0.15, 0.2) is 54.7 Å². The lowest BCUT2D eigenvalue weighted by Crippen LogP contribution is -2.45. The van der Waals surface area contributed by atoms with Gasteiger partial charge in [-0.3, -0.25) is 15.1 Å². The van der Waals surface area contributed by atoms with Crippen LogP contribution >= 0.6 is 11.3 Å².